The number of amides is 1. The van der Waals surface area contributed by atoms with E-state index in [-0.39, 0.29) is 6.09 Å². The highest BCUT2D eigenvalue weighted by Gasteiger charge is 2.40. The van der Waals surface area contributed by atoms with Crippen molar-refractivity contribution in [3.63, 3.8) is 0 Å². The summed E-state index contributed by atoms with van der Waals surface area (Å²) in [7, 11) is 0. The van der Waals surface area contributed by atoms with Gasteiger partial charge in [-0.05, 0) is 68.7 Å². The molecule has 0 saturated carbocycles. The van der Waals surface area contributed by atoms with Gasteiger partial charge in [0.2, 0.25) is 0 Å². The molecule has 0 radical (unpaired) electrons. The summed E-state index contributed by atoms with van der Waals surface area (Å²) >= 11 is 0. The average Bonchev–Trinajstić information content (AvgIpc) is 2.87. The van der Waals surface area contributed by atoms with Gasteiger partial charge in [0.25, 0.3) is 0 Å². The molecule has 0 spiro atoms. The van der Waals surface area contributed by atoms with Crippen LogP contribution in [0.1, 0.15) is 57.9 Å². The van der Waals surface area contributed by atoms with Crippen LogP contribution in [0.2, 0.25) is 0 Å². The molecule has 2 fully saturated rings. The van der Waals surface area contributed by atoms with E-state index in [4.69, 9.17) is 4.74 Å². The van der Waals surface area contributed by atoms with Crippen LogP contribution in [0.25, 0.3) is 10.8 Å². The summed E-state index contributed by atoms with van der Waals surface area (Å²) in [6, 6.07) is 16.9. The Morgan fingerprint density at radius 2 is 1.75 bits per heavy atom. The van der Waals surface area contributed by atoms with Crippen molar-refractivity contribution in [3.8, 4) is 0 Å². The summed E-state index contributed by atoms with van der Waals surface area (Å²) in [5, 5.41) is 5.58. The molecule has 2 heterocycles. The summed E-state index contributed by atoms with van der Waals surface area (Å²) in [5.74, 6) is 0.650. The van der Waals surface area contributed by atoms with E-state index in [2.05, 4.69) is 52.7 Å². The van der Waals surface area contributed by atoms with E-state index in [0.29, 0.717) is 24.5 Å². The molecule has 2 saturated heterocycles. The second-order valence-corrected chi connectivity index (χ2v) is 9.33. The highest BCUT2D eigenvalue weighted by atomic mass is 16.6. The van der Waals surface area contributed by atoms with Gasteiger partial charge in [-0.25, -0.2) is 4.79 Å². The molecule has 2 unspecified atom stereocenters. The lowest BCUT2D eigenvalue weighted by molar-refractivity contribution is 0.0509. The summed E-state index contributed by atoms with van der Waals surface area (Å²) in [6.07, 6.45) is 4.69. The molecule has 2 aliphatic rings. The summed E-state index contributed by atoms with van der Waals surface area (Å²) in [4.78, 5) is 14.5. The fraction of sp³-hybridized carbons (Fsp3) is 0.542. The third kappa shape index (κ3) is 4.33. The Bertz CT molecular complexity index is 828. The van der Waals surface area contributed by atoms with Crippen LogP contribution in [-0.4, -0.2) is 41.8 Å². The van der Waals surface area contributed by atoms with Crippen molar-refractivity contribution in [2.45, 2.75) is 70.1 Å². The number of hydrogen-bond acceptors (Lipinski definition) is 3. The van der Waals surface area contributed by atoms with Crippen molar-refractivity contribution in [1.29, 1.82) is 0 Å². The van der Waals surface area contributed by atoms with Crippen LogP contribution >= 0.6 is 0 Å². The van der Waals surface area contributed by atoms with Crippen LogP contribution in [0.4, 0.5) is 4.79 Å². The standard InChI is InChI=1S/C24H32N2O2/c1-24(2,3)28-23(27)25-12-13-26-21-10-11-22(26)16-20(15-21)19-9-8-17-6-4-5-7-18(17)14-19/h4-9,14,20-22H,10-13,15-16H2,1-3H3,(H,25,27). The van der Waals surface area contributed by atoms with Crippen molar-refractivity contribution >= 4 is 16.9 Å². The number of hydrogen-bond donors (Lipinski definition) is 1. The minimum absolute atomic E-state index is 0.314. The van der Waals surface area contributed by atoms with E-state index in [1.165, 1.54) is 42.0 Å². The summed E-state index contributed by atoms with van der Waals surface area (Å²) in [5.41, 5.74) is 1.04. The van der Waals surface area contributed by atoms with E-state index >= 15 is 0 Å². The van der Waals surface area contributed by atoms with Gasteiger partial charge in [0, 0.05) is 25.2 Å². The quantitative estimate of drug-likeness (QED) is 0.805. The average molecular weight is 381 g/mol. The van der Waals surface area contributed by atoms with Crippen molar-refractivity contribution in [2.75, 3.05) is 13.1 Å². The lowest BCUT2D eigenvalue weighted by Gasteiger charge is -2.39. The third-order valence-corrected chi connectivity index (χ3v) is 6.17. The first kappa shape index (κ1) is 19.3. The van der Waals surface area contributed by atoms with Gasteiger partial charge >= 0.3 is 6.09 Å². The molecule has 1 amide bonds. The highest BCUT2D eigenvalue weighted by Crippen LogP contribution is 2.43. The number of nitrogens with zero attached hydrogens (tertiary/aromatic N) is 1. The Kier molecular flexibility index (Phi) is 5.33. The van der Waals surface area contributed by atoms with E-state index in [1.807, 2.05) is 20.8 Å². The van der Waals surface area contributed by atoms with Gasteiger partial charge in [0.15, 0.2) is 0 Å². The van der Waals surface area contributed by atoms with Gasteiger partial charge in [0.1, 0.15) is 5.60 Å². The van der Waals surface area contributed by atoms with Gasteiger partial charge in [0.05, 0.1) is 0 Å². The number of nitrogens with one attached hydrogen (secondary N) is 1. The molecule has 0 aromatic heterocycles. The number of piperidine rings is 1. The molecule has 0 aliphatic carbocycles. The zero-order chi connectivity index (χ0) is 19.7. The van der Waals surface area contributed by atoms with Gasteiger partial charge in [-0.1, -0.05) is 42.5 Å². The summed E-state index contributed by atoms with van der Waals surface area (Å²) < 4.78 is 5.34. The first-order valence-corrected chi connectivity index (χ1v) is 10.6. The molecular weight excluding hydrogens is 348 g/mol. The Morgan fingerprint density at radius 3 is 2.43 bits per heavy atom. The Balaban J connectivity index is 1.34. The van der Waals surface area contributed by atoms with Crippen LogP contribution in [-0.2, 0) is 4.74 Å². The Morgan fingerprint density at radius 1 is 1.07 bits per heavy atom. The largest absolute Gasteiger partial charge is 0.444 e. The molecule has 2 atom stereocenters. The lowest BCUT2D eigenvalue weighted by atomic mass is 9.84. The Hall–Kier alpha value is -2.07. The monoisotopic (exact) mass is 380 g/mol. The van der Waals surface area contributed by atoms with E-state index < -0.39 is 5.60 Å². The zero-order valence-electron chi connectivity index (χ0n) is 17.3. The predicted octanol–water partition coefficient (Wildman–Crippen LogP) is 5.07. The van der Waals surface area contributed by atoms with Crippen molar-refractivity contribution in [3.05, 3.63) is 48.0 Å². The number of carbonyl (C=O) groups excluding carboxylic acids is 1. The van der Waals surface area contributed by atoms with Gasteiger partial charge in [-0.15, -0.1) is 0 Å². The van der Waals surface area contributed by atoms with Gasteiger partial charge < -0.3 is 10.1 Å². The SMILES string of the molecule is CC(C)(C)OC(=O)NCCN1C2CCC1CC(c1ccc3ccccc3c1)C2. The third-order valence-electron chi connectivity index (χ3n) is 6.17. The number of alkyl carbamates (subject to hydrolysis) is 1. The van der Waals surface area contributed by atoms with Crippen LogP contribution in [0, 0.1) is 0 Å². The van der Waals surface area contributed by atoms with E-state index in [1.54, 1.807) is 0 Å². The number of ether oxygens (including phenoxy) is 1. The maximum absolute atomic E-state index is 11.9. The fourth-order valence-corrected chi connectivity index (χ4v) is 4.97. The van der Waals surface area contributed by atoms with Gasteiger partial charge in [-0.3, -0.25) is 4.90 Å². The fourth-order valence-electron chi connectivity index (χ4n) is 4.97. The molecule has 4 nitrogen and oxygen atoms in total. The molecule has 2 bridgehead atoms. The zero-order valence-corrected chi connectivity index (χ0v) is 17.3. The molecule has 4 heteroatoms. The molecule has 28 heavy (non-hydrogen) atoms. The molecule has 4 rings (SSSR count). The number of benzene rings is 2. The van der Waals surface area contributed by atoms with E-state index in [0.717, 1.165) is 6.54 Å². The highest BCUT2D eigenvalue weighted by molar-refractivity contribution is 5.83. The molecular formula is C24H32N2O2. The van der Waals surface area contributed by atoms with Crippen LogP contribution < -0.4 is 5.32 Å². The molecule has 1 N–H and O–H groups in total. The minimum atomic E-state index is -0.443. The second kappa shape index (κ2) is 7.75. The Labute approximate surface area is 168 Å². The van der Waals surface area contributed by atoms with Crippen LogP contribution in [0.15, 0.2) is 42.5 Å². The summed E-state index contributed by atoms with van der Waals surface area (Å²) in [6.45, 7) is 7.25. The second-order valence-electron chi connectivity index (χ2n) is 9.33. The minimum Gasteiger partial charge on any atom is -0.444 e. The topological polar surface area (TPSA) is 41.6 Å². The maximum Gasteiger partial charge on any atom is 0.407 e. The smallest absolute Gasteiger partial charge is 0.407 e. The lowest BCUT2D eigenvalue weighted by Crippen LogP contribution is -2.46. The van der Waals surface area contributed by atoms with Crippen LogP contribution in [0.3, 0.4) is 0 Å². The van der Waals surface area contributed by atoms with Crippen molar-refractivity contribution < 1.29 is 9.53 Å². The van der Waals surface area contributed by atoms with Crippen LogP contribution in [0.5, 0.6) is 0 Å². The molecule has 150 valence electrons. The maximum atomic E-state index is 11.9. The number of rotatable bonds is 4. The normalized spacial score (nSPS) is 25.0. The number of carbonyl (C=O) groups is 1. The van der Waals surface area contributed by atoms with Crippen molar-refractivity contribution in [1.82, 2.24) is 10.2 Å². The first-order chi connectivity index (χ1) is 13.4. The first-order valence-electron chi connectivity index (χ1n) is 10.6. The van der Waals surface area contributed by atoms with E-state index in [9.17, 15) is 4.79 Å². The molecule has 2 aromatic rings. The predicted molar refractivity (Wildman–Crippen MR) is 114 cm³/mol. The molecule has 2 aliphatic heterocycles. The number of fused-ring (bicyclic) bond motifs is 3. The van der Waals surface area contributed by atoms with Crippen molar-refractivity contribution in [2.24, 2.45) is 0 Å². The van der Waals surface area contributed by atoms with Gasteiger partial charge in [-0.2, -0.15) is 0 Å². The molecule has 2 aromatic carbocycles.